The van der Waals surface area contributed by atoms with Gasteiger partial charge in [0.05, 0.1) is 33.8 Å². The fraction of sp³-hybridized carbons (Fsp3) is 0.723. The van der Waals surface area contributed by atoms with Crippen LogP contribution in [0.4, 0.5) is 0 Å². The quantitative estimate of drug-likeness (QED) is 0.0212. The van der Waals surface area contributed by atoms with Gasteiger partial charge in [-0.2, -0.15) is 0 Å². The number of hydrogen-bond donors (Lipinski definition) is 1. The summed E-state index contributed by atoms with van der Waals surface area (Å²) in [6.07, 6.45) is 72.5. The van der Waals surface area contributed by atoms with E-state index in [9.17, 15) is 19.0 Å². The van der Waals surface area contributed by atoms with Gasteiger partial charge < -0.3 is 28.5 Å². The maximum Gasteiger partial charge on any atom is 0.306 e. The highest BCUT2D eigenvalue weighted by atomic mass is 31.2. The molecule has 0 aromatic heterocycles. The maximum atomic E-state index is 13.5. The third-order valence-corrected chi connectivity index (χ3v) is 14.0. The Kier molecular flexibility index (Phi) is 52.1. The lowest BCUT2D eigenvalue weighted by Crippen LogP contribution is -2.47. The van der Waals surface area contributed by atoms with Crippen LogP contribution in [0.5, 0.6) is 0 Å². The van der Waals surface area contributed by atoms with Crippen molar-refractivity contribution in [1.82, 2.24) is 5.32 Å². The molecule has 0 saturated heterocycles. The van der Waals surface area contributed by atoms with Crippen LogP contribution in [0.3, 0.4) is 0 Å². The molecule has 1 N–H and O–H groups in total. The number of esters is 1. The van der Waals surface area contributed by atoms with Crippen molar-refractivity contribution < 1.29 is 37.3 Å². The van der Waals surface area contributed by atoms with Gasteiger partial charge in [0.15, 0.2) is 0 Å². The first-order chi connectivity index (χ1) is 36.4. The first kappa shape index (κ1) is 71.9. The summed E-state index contributed by atoms with van der Waals surface area (Å²) in [4.78, 5) is 39.9. The number of amides is 1. The molecule has 10 heteroatoms. The number of carbonyl (C=O) groups is 2. The molecule has 432 valence electrons. The monoisotopic (exact) mass is 1070 g/mol. The Morgan fingerprint density at radius 2 is 0.867 bits per heavy atom. The normalized spacial score (nSPS) is 14.4. The van der Waals surface area contributed by atoms with E-state index >= 15 is 0 Å². The molecule has 0 spiro atoms. The van der Waals surface area contributed by atoms with E-state index in [0.29, 0.717) is 23.9 Å². The number of likely N-dealkylation sites (N-methyl/N-ethyl adjacent to an activating group) is 1. The van der Waals surface area contributed by atoms with Crippen LogP contribution in [0.15, 0.2) is 97.2 Å². The van der Waals surface area contributed by atoms with Gasteiger partial charge in [-0.25, -0.2) is 0 Å². The van der Waals surface area contributed by atoms with Crippen molar-refractivity contribution in [3.8, 4) is 0 Å². The molecule has 3 unspecified atom stereocenters. The van der Waals surface area contributed by atoms with Gasteiger partial charge in [0, 0.05) is 12.8 Å². The highest BCUT2D eigenvalue weighted by molar-refractivity contribution is 7.45. The Morgan fingerprint density at radius 3 is 1.31 bits per heavy atom. The van der Waals surface area contributed by atoms with Crippen LogP contribution < -0.4 is 10.2 Å². The van der Waals surface area contributed by atoms with Crippen molar-refractivity contribution in [1.29, 1.82) is 0 Å². The Balaban J connectivity index is 5.35. The van der Waals surface area contributed by atoms with E-state index in [1.165, 1.54) is 128 Å². The first-order valence-corrected chi connectivity index (χ1v) is 32.0. The minimum atomic E-state index is -4.72. The highest BCUT2D eigenvalue weighted by Gasteiger charge is 2.27. The summed E-state index contributed by atoms with van der Waals surface area (Å²) in [5.41, 5.74) is 0. The lowest BCUT2D eigenvalue weighted by Gasteiger charge is -2.30. The number of rotatable bonds is 54. The van der Waals surface area contributed by atoms with E-state index in [0.717, 1.165) is 77.0 Å². The van der Waals surface area contributed by atoms with Gasteiger partial charge in [-0.1, -0.05) is 240 Å². The summed E-state index contributed by atoms with van der Waals surface area (Å²) >= 11 is 0. The van der Waals surface area contributed by atoms with Gasteiger partial charge in [0.1, 0.15) is 19.3 Å². The van der Waals surface area contributed by atoms with Crippen LogP contribution in [0.25, 0.3) is 0 Å². The highest BCUT2D eigenvalue weighted by Crippen LogP contribution is 2.38. The van der Waals surface area contributed by atoms with Gasteiger partial charge in [-0.3, -0.25) is 14.2 Å². The molecule has 0 aromatic carbocycles. The van der Waals surface area contributed by atoms with Gasteiger partial charge in [0.25, 0.3) is 7.82 Å². The van der Waals surface area contributed by atoms with E-state index in [4.69, 9.17) is 13.8 Å². The van der Waals surface area contributed by atoms with Crippen LogP contribution in [0, 0.1) is 0 Å². The third kappa shape index (κ3) is 55.5. The molecule has 0 aliphatic rings. The number of phosphoric ester groups is 1. The summed E-state index contributed by atoms with van der Waals surface area (Å²) in [7, 11) is 1.13. The Labute approximate surface area is 462 Å². The lowest BCUT2D eigenvalue weighted by atomic mass is 10.1. The molecule has 0 aliphatic heterocycles. The van der Waals surface area contributed by atoms with E-state index in [1.54, 1.807) is 0 Å². The molecule has 3 atom stereocenters. The molecule has 0 fully saturated rings. The number of quaternary nitrogens is 1. The van der Waals surface area contributed by atoms with Gasteiger partial charge in [-0.15, -0.1) is 0 Å². The Hall–Kier alpha value is -3.07. The van der Waals surface area contributed by atoms with Crippen LogP contribution in [0.1, 0.15) is 252 Å². The predicted molar refractivity (Wildman–Crippen MR) is 321 cm³/mol. The number of unbranched alkanes of at least 4 members (excludes halogenated alkanes) is 24. The molecule has 0 radical (unpaired) electrons. The van der Waals surface area contributed by atoms with Crippen molar-refractivity contribution in [2.75, 3.05) is 40.9 Å². The second-order valence-electron chi connectivity index (χ2n) is 21.5. The van der Waals surface area contributed by atoms with Crippen LogP contribution >= 0.6 is 7.82 Å². The standard InChI is InChI=1S/C65H115N2O7P/c1-7-10-13-16-19-22-25-27-29-31-33-35-37-39-42-45-48-51-54-57-64(68)66-62(61-73-75(70,71)72-60-59-67(4,5)6)63(56-53-50-47-44-41-24-21-18-15-12-9-3)74-65(69)58-55-52-49-46-43-40-38-36-34-32-30-28-26-23-20-17-14-11-8-2/h10,13,19,22,27-30,33,35,39,42,48,51,53,56,62-63H,7-9,11-12,14-18,20-21,23-26,31-32,34,36-38,40-41,43-47,49-50,52,54-55,57-61H2,1-6H3,(H-,66,68,70,71)/b13-10-,22-19-,29-27-,30-28+,35-33-,42-39-,51-48-,56-53+. The third-order valence-electron chi connectivity index (χ3n) is 13.0. The zero-order valence-electron chi connectivity index (χ0n) is 49.2. The van der Waals surface area contributed by atoms with E-state index < -0.39 is 26.6 Å². The summed E-state index contributed by atoms with van der Waals surface area (Å²) < 4.78 is 30.2. The van der Waals surface area contributed by atoms with Crippen LogP contribution in [-0.2, 0) is 27.9 Å². The van der Waals surface area contributed by atoms with Gasteiger partial charge >= 0.3 is 5.97 Å². The van der Waals surface area contributed by atoms with Crippen molar-refractivity contribution in [2.24, 2.45) is 0 Å². The molecule has 75 heavy (non-hydrogen) atoms. The van der Waals surface area contributed by atoms with E-state index in [2.05, 4.69) is 99.0 Å². The SMILES string of the molecule is CC/C=C\C/C=C\C/C=C\C/C=C\C/C=C\C/C=C\CCC(=O)NC(COP(=O)([O-])OCC[N+](C)(C)C)C(/C=C/CCCCCCCCCCC)OC(=O)CCCCCCCCCCC/C=C/CCCCCCCC. The molecule has 0 bridgehead atoms. The first-order valence-electron chi connectivity index (χ1n) is 30.5. The Morgan fingerprint density at radius 1 is 0.480 bits per heavy atom. The smallest absolute Gasteiger partial charge is 0.306 e. The summed E-state index contributed by atoms with van der Waals surface area (Å²) in [6, 6.07) is -0.934. The van der Waals surface area contributed by atoms with Crippen molar-refractivity contribution in [3.05, 3.63) is 97.2 Å². The van der Waals surface area contributed by atoms with Crippen molar-refractivity contribution >= 4 is 19.7 Å². The average Bonchev–Trinajstić information content (AvgIpc) is 3.37. The zero-order valence-corrected chi connectivity index (χ0v) is 50.1. The molecular formula is C65H115N2O7P. The average molecular weight is 1070 g/mol. The zero-order chi connectivity index (χ0) is 55.0. The number of nitrogens with one attached hydrogen (secondary N) is 1. The van der Waals surface area contributed by atoms with E-state index in [1.807, 2.05) is 45.4 Å². The molecule has 0 aliphatic carbocycles. The largest absolute Gasteiger partial charge is 0.756 e. The second kappa shape index (κ2) is 54.3. The summed E-state index contributed by atoms with van der Waals surface area (Å²) in [5.74, 6) is -0.644. The van der Waals surface area contributed by atoms with Crippen molar-refractivity contribution in [3.63, 3.8) is 0 Å². The number of hydrogen-bond acceptors (Lipinski definition) is 7. The number of nitrogens with zero attached hydrogens (tertiary/aromatic N) is 1. The van der Waals surface area contributed by atoms with Crippen molar-refractivity contribution in [2.45, 2.75) is 264 Å². The molecule has 0 heterocycles. The summed E-state index contributed by atoms with van der Waals surface area (Å²) in [6.45, 7) is 6.65. The summed E-state index contributed by atoms with van der Waals surface area (Å²) in [5, 5.41) is 2.97. The number of carbonyl (C=O) groups excluding carboxylic acids is 2. The molecule has 0 aromatic rings. The van der Waals surface area contributed by atoms with E-state index in [-0.39, 0.29) is 31.3 Å². The number of allylic oxidation sites excluding steroid dienone is 15. The maximum absolute atomic E-state index is 13.5. The molecule has 1 amide bonds. The van der Waals surface area contributed by atoms with Crippen LogP contribution in [0.2, 0.25) is 0 Å². The van der Waals surface area contributed by atoms with Crippen LogP contribution in [-0.4, -0.2) is 69.4 Å². The minimum Gasteiger partial charge on any atom is -0.756 e. The van der Waals surface area contributed by atoms with Gasteiger partial charge in [0.2, 0.25) is 5.91 Å². The molecule has 0 rings (SSSR count). The molecule has 9 nitrogen and oxygen atoms in total. The fourth-order valence-corrected chi connectivity index (χ4v) is 9.03. The molecule has 0 saturated carbocycles. The topological polar surface area (TPSA) is 114 Å². The molecular weight excluding hydrogens is 952 g/mol. The lowest BCUT2D eigenvalue weighted by molar-refractivity contribution is -0.870. The second-order valence-corrected chi connectivity index (χ2v) is 22.9. The minimum absolute atomic E-state index is 0.0401. The number of phosphoric acid groups is 1. The predicted octanol–water partition coefficient (Wildman–Crippen LogP) is 18.1. The Bertz CT molecular complexity index is 1610. The number of ether oxygens (including phenoxy) is 1. The van der Waals surface area contributed by atoms with Gasteiger partial charge in [-0.05, 0) is 96.0 Å². The fourth-order valence-electron chi connectivity index (χ4n) is 8.30.